The van der Waals surface area contributed by atoms with Gasteiger partial charge in [0, 0.05) is 0 Å². The summed E-state index contributed by atoms with van der Waals surface area (Å²) in [7, 11) is 1.55. The minimum absolute atomic E-state index is 0.410. The third kappa shape index (κ3) is 3.36. The molecule has 2 aromatic carbocycles. The molecule has 5 heteroatoms. The zero-order chi connectivity index (χ0) is 15.6. The van der Waals surface area contributed by atoms with Crippen molar-refractivity contribution in [2.24, 2.45) is 0 Å². The van der Waals surface area contributed by atoms with Gasteiger partial charge in [0.15, 0.2) is 0 Å². The van der Waals surface area contributed by atoms with Crippen LogP contribution in [0.2, 0.25) is 0 Å². The average molecular weight is 296 g/mol. The third-order valence-corrected chi connectivity index (χ3v) is 3.29. The number of hydrogen-bond acceptors (Lipinski definition) is 2. The van der Waals surface area contributed by atoms with Gasteiger partial charge in [-0.1, -0.05) is 18.2 Å². The molecule has 0 saturated carbocycles. The number of rotatable bonds is 3. The second kappa shape index (κ2) is 5.77. The van der Waals surface area contributed by atoms with Crippen LogP contribution >= 0.6 is 0 Å². The molecule has 2 nitrogen and oxygen atoms in total. The van der Waals surface area contributed by atoms with Gasteiger partial charge in [-0.15, -0.1) is 0 Å². The highest BCUT2D eigenvalue weighted by molar-refractivity contribution is 5.40. The number of aliphatic hydroxyl groups excluding tert-OH is 1. The Hall–Kier alpha value is -2.01. The van der Waals surface area contributed by atoms with E-state index in [2.05, 4.69) is 0 Å². The molecule has 0 aliphatic carbocycles. The molecule has 0 aromatic heterocycles. The predicted molar refractivity (Wildman–Crippen MR) is 73.2 cm³/mol. The van der Waals surface area contributed by atoms with Gasteiger partial charge in [-0.2, -0.15) is 13.2 Å². The smallest absolute Gasteiger partial charge is 0.416 e. The Balaban J connectivity index is 2.27. The number of methoxy groups -OCH3 is 1. The molecular weight excluding hydrogens is 281 g/mol. The predicted octanol–water partition coefficient (Wildman–Crippen LogP) is 4.10. The van der Waals surface area contributed by atoms with Gasteiger partial charge in [0.1, 0.15) is 11.9 Å². The van der Waals surface area contributed by atoms with Crippen LogP contribution in [0.1, 0.15) is 28.4 Å². The van der Waals surface area contributed by atoms with Gasteiger partial charge in [0.05, 0.1) is 12.7 Å². The summed E-state index contributed by atoms with van der Waals surface area (Å²) in [5, 5.41) is 10.3. The summed E-state index contributed by atoms with van der Waals surface area (Å²) in [5.41, 5.74) is 1.13. The molecule has 2 aromatic rings. The molecule has 1 atom stereocenters. The van der Waals surface area contributed by atoms with E-state index in [-0.39, 0.29) is 0 Å². The highest BCUT2D eigenvalue weighted by Crippen LogP contribution is 2.31. The lowest BCUT2D eigenvalue weighted by Crippen LogP contribution is -2.06. The second-order valence-electron chi connectivity index (χ2n) is 4.75. The zero-order valence-electron chi connectivity index (χ0n) is 11.6. The van der Waals surface area contributed by atoms with Gasteiger partial charge in [-0.05, 0) is 47.9 Å². The van der Waals surface area contributed by atoms with Crippen LogP contribution in [-0.4, -0.2) is 12.2 Å². The Morgan fingerprint density at radius 3 is 2.05 bits per heavy atom. The third-order valence-electron chi connectivity index (χ3n) is 3.29. The van der Waals surface area contributed by atoms with Gasteiger partial charge >= 0.3 is 6.18 Å². The molecule has 0 spiro atoms. The molecule has 2 rings (SSSR count). The average Bonchev–Trinajstić information content (AvgIpc) is 2.45. The number of ether oxygens (including phenoxy) is 1. The minimum atomic E-state index is -4.37. The summed E-state index contributed by atoms with van der Waals surface area (Å²) in [5.74, 6) is 0.693. The molecule has 0 amide bonds. The van der Waals surface area contributed by atoms with Gasteiger partial charge in [-0.3, -0.25) is 0 Å². The summed E-state index contributed by atoms with van der Waals surface area (Å²) in [6.45, 7) is 1.84. The van der Waals surface area contributed by atoms with Gasteiger partial charge in [-0.25, -0.2) is 0 Å². The first-order valence-electron chi connectivity index (χ1n) is 6.32. The fourth-order valence-corrected chi connectivity index (χ4v) is 2.12. The molecule has 0 radical (unpaired) electrons. The molecule has 0 saturated heterocycles. The van der Waals surface area contributed by atoms with E-state index < -0.39 is 17.8 Å². The van der Waals surface area contributed by atoms with Crippen molar-refractivity contribution >= 4 is 0 Å². The summed E-state index contributed by atoms with van der Waals surface area (Å²) in [6, 6.07) is 9.66. The lowest BCUT2D eigenvalue weighted by Gasteiger charge is -2.15. The fourth-order valence-electron chi connectivity index (χ4n) is 2.12. The van der Waals surface area contributed by atoms with E-state index in [1.807, 2.05) is 6.92 Å². The highest BCUT2D eigenvalue weighted by atomic mass is 19.4. The van der Waals surface area contributed by atoms with Crippen LogP contribution in [0.5, 0.6) is 5.75 Å². The highest BCUT2D eigenvalue weighted by Gasteiger charge is 2.30. The van der Waals surface area contributed by atoms with E-state index >= 15 is 0 Å². The first kappa shape index (κ1) is 15.4. The van der Waals surface area contributed by atoms with Crippen LogP contribution in [0, 0.1) is 6.92 Å². The largest absolute Gasteiger partial charge is 0.496 e. The normalized spacial score (nSPS) is 13.0. The monoisotopic (exact) mass is 296 g/mol. The molecule has 1 N–H and O–H groups in total. The minimum Gasteiger partial charge on any atom is -0.496 e. The summed E-state index contributed by atoms with van der Waals surface area (Å²) in [4.78, 5) is 0. The number of hydrogen-bond donors (Lipinski definition) is 1. The molecule has 1 unspecified atom stereocenters. The maximum atomic E-state index is 12.5. The Morgan fingerprint density at radius 1 is 1.00 bits per heavy atom. The standard InChI is InChI=1S/C16H15F3O2/c1-10-9-12(5-8-14(10)21-2)15(20)11-3-6-13(7-4-11)16(17,18)19/h3-9,15,20H,1-2H3. The van der Waals surface area contributed by atoms with Crippen molar-refractivity contribution in [1.29, 1.82) is 0 Å². The Bertz CT molecular complexity index is 618. The summed E-state index contributed by atoms with van der Waals surface area (Å²) >= 11 is 0. The van der Waals surface area contributed by atoms with Crippen LogP contribution in [-0.2, 0) is 6.18 Å². The Morgan fingerprint density at radius 2 is 1.57 bits per heavy atom. The van der Waals surface area contributed by atoms with Crippen molar-refractivity contribution in [3.8, 4) is 5.75 Å². The van der Waals surface area contributed by atoms with Crippen molar-refractivity contribution < 1.29 is 23.0 Å². The number of alkyl halides is 3. The van der Waals surface area contributed by atoms with E-state index in [0.717, 1.165) is 17.7 Å². The van der Waals surface area contributed by atoms with E-state index in [9.17, 15) is 18.3 Å². The van der Waals surface area contributed by atoms with Crippen LogP contribution in [0.3, 0.4) is 0 Å². The van der Waals surface area contributed by atoms with Crippen LogP contribution in [0.4, 0.5) is 13.2 Å². The summed E-state index contributed by atoms with van der Waals surface area (Å²) < 4.78 is 42.6. The van der Waals surface area contributed by atoms with E-state index in [4.69, 9.17) is 4.74 Å². The zero-order valence-corrected chi connectivity index (χ0v) is 11.6. The molecule has 0 heterocycles. The number of halogens is 3. The fraction of sp³-hybridized carbons (Fsp3) is 0.250. The quantitative estimate of drug-likeness (QED) is 0.924. The first-order valence-corrected chi connectivity index (χ1v) is 6.32. The summed E-state index contributed by atoms with van der Waals surface area (Å²) in [6.07, 6.45) is -5.35. The van der Waals surface area contributed by atoms with E-state index in [1.165, 1.54) is 12.1 Å². The molecule has 21 heavy (non-hydrogen) atoms. The number of benzene rings is 2. The van der Waals surface area contributed by atoms with Gasteiger partial charge in [0.25, 0.3) is 0 Å². The van der Waals surface area contributed by atoms with Crippen molar-refractivity contribution in [2.75, 3.05) is 7.11 Å². The van der Waals surface area contributed by atoms with Crippen LogP contribution in [0.25, 0.3) is 0 Å². The molecule has 0 fully saturated rings. The van der Waals surface area contributed by atoms with Crippen molar-refractivity contribution in [2.45, 2.75) is 19.2 Å². The van der Waals surface area contributed by atoms with Crippen molar-refractivity contribution in [1.82, 2.24) is 0 Å². The van der Waals surface area contributed by atoms with E-state index in [0.29, 0.717) is 16.9 Å². The SMILES string of the molecule is COc1ccc(C(O)c2ccc(C(F)(F)F)cc2)cc1C. The van der Waals surface area contributed by atoms with Crippen molar-refractivity contribution in [3.05, 3.63) is 64.7 Å². The van der Waals surface area contributed by atoms with Crippen LogP contribution < -0.4 is 4.74 Å². The number of aliphatic hydroxyl groups is 1. The lowest BCUT2D eigenvalue weighted by atomic mass is 9.98. The van der Waals surface area contributed by atoms with Gasteiger partial charge < -0.3 is 9.84 Å². The molecule has 0 aliphatic heterocycles. The molecule has 0 bridgehead atoms. The maximum Gasteiger partial charge on any atom is 0.416 e. The molecular formula is C16H15F3O2. The maximum absolute atomic E-state index is 12.5. The van der Waals surface area contributed by atoms with Crippen LogP contribution in [0.15, 0.2) is 42.5 Å². The van der Waals surface area contributed by atoms with Crippen molar-refractivity contribution in [3.63, 3.8) is 0 Å². The molecule has 0 aliphatic rings. The Kier molecular flexibility index (Phi) is 4.23. The van der Waals surface area contributed by atoms with Gasteiger partial charge in [0.2, 0.25) is 0 Å². The lowest BCUT2D eigenvalue weighted by molar-refractivity contribution is -0.137. The Labute approximate surface area is 120 Å². The first-order chi connectivity index (χ1) is 9.82. The van der Waals surface area contributed by atoms with E-state index in [1.54, 1.807) is 25.3 Å². The number of aryl methyl sites for hydroxylation is 1. The topological polar surface area (TPSA) is 29.5 Å². The molecule has 112 valence electrons. The second-order valence-corrected chi connectivity index (χ2v) is 4.75.